The third-order valence-electron chi connectivity index (χ3n) is 4.55. The number of carbonyl (C=O) groups excluding carboxylic acids is 1. The van der Waals surface area contributed by atoms with E-state index in [2.05, 4.69) is 40.9 Å². The van der Waals surface area contributed by atoms with Gasteiger partial charge in [0.15, 0.2) is 5.96 Å². The summed E-state index contributed by atoms with van der Waals surface area (Å²) < 4.78 is 5.48. The first kappa shape index (κ1) is 24.7. The van der Waals surface area contributed by atoms with Gasteiger partial charge in [-0.1, -0.05) is 29.8 Å². The fourth-order valence-electron chi connectivity index (χ4n) is 3.01. The lowest BCUT2D eigenvalue weighted by molar-refractivity contribution is 0.0963. The van der Waals surface area contributed by atoms with Gasteiger partial charge in [0.25, 0.3) is 5.91 Å². The van der Waals surface area contributed by atoms with Crippen molar-refractivity contribution in [1.82, 2.24) is 16.0 Å². The van der Waals surface area contributed by atoms with Crippen molar-refractivity contribution in [3.8, 4) is 5.75 Å². The van der Waals surface area contributed by atoms with Crippen LogP contribution in [0.5, 0.6) is 5.75 Å². The molecule has 0 aliphatic rings. The highest BCUT2D eigenvalue weighted by Crippen LogP contribution is 2.25. The van der Waals surface area contributed by atoms with Gasteiger partial charge in [-0.25, -0.2) is 0 Å². The third kappa shape index (κ3) is 7.23. The minimum atomic E-state index is -0.0757. The number of nitrogens with zero attached hydrogens (tertiary/aromatic N) is 1. The van der Waals surface area contributed by atoms with Crippen LogP contribution in [0.2, 0.25) is 0 Å². The van der Waals surface area contributed by atoms with Crippen LogP contribution < -0.4 is 20.7 Å². The largest absolute Gasteiger partial charge is 0.496 e. The quantitative estimate of drug-likeness (QED) is 0.303. The van der Waals surface area contributed by atoms with Crippen molar-refractivity contribution < 1.29 is 9.53 Å². The van der Waals surface area contributed by atoms with Gasteiger partial charge >= 0.3 is 0 Å². The number of nitrogens with one attached hydrogen (secondary N) is 3. The van der Waals surface area contributed by atoms with Gasteiger partial charge in [-0.3, -0.25) is 9.79 Å². The third-order valence-corrected chi connectivity index (χ3v) is 4.55. The Balaban J connectivity index is 0.00000420. The summed E-state index contributed by atoms with van der Waals surface area (Å²) in [5, 5.41) is 9.38. The predicted octanol–water partition coefficient (Wildman–Crippen LogP) is 3.45. The van der Waals surface area contributed by atoms with E-state index < -0.39 is 0 Å². The minimum Gasteiger partial charge on any atom is -0.496 e. The lowest BCUT2D eigenvalue weighted by Gasteiger charge is -2.20. The van der Waals surface area contributed by atoms with Crippen molar-refractivity contribution in [2.45, 2.75) is 26.3 Å². The number of benzene rings is 2. The Labute approximate surface area is 190 Å². The van der Waals surface area contributed by atoms with Gasteiger partial charge in [0.05, 0.1) is 13.2 Å². The number of ether oxygens (including phenoxy) is 1. The Morgan fingerprint density at radius 1 is 1.21 bits per heavy atom. The van der Waals surface area contributed by atoms with Crippen LogP contribution in [0.1, 0.15) is 40.0 Å². The van der Waals surface area contributed by atoms with Gasteiger partial charge in [0, 0.05) is 31.8 Å². The van der Waals surface area contributed by atoms with Crippen LogP contribution in [-0.2, 0) is 6.42 Å². The van der Waals surface area contributed by atoms with Gasteiger partial charge in [0.1, 0.15) is 5.75 Å². The summed E-state index contributed by atoms with van der Waals surface area (Å²) in [6.45, 7) is 4.85. The topological polar surface area (TPSA) is 74.8 Å². The molecule has 1 unspecified atom stereocenters. The van der Waals surface area contributed by atoms with Crippen LogP contribution in [0.4, 0.5) is 0 Å². The van der Waals surface area contributed by atoms with Crippen LogP contribution in [0.3, 0.4) is 0 Å². The normalized spacial score (nSPS) is 11.8. The van der Waals surface area contributed by atoms with Gasteiger partial charge < -0.3 is 20.7 Å². The Morgan fingerprint density at radius 3 is 2.62 bits per heavy atom. The van der Waals surface area contributed by atoms with Crippen LogP contribution in [-0.4, -0.2) is 39.6 Å². The smallest absolute Gasteiger partial charge is 0.251 e. The number of carbonyl (C=O) groups is 1. The summed E-state index contributed by atoms with van der Waals surface area (Å²) in [7, 11) is 5.07. The highest BCUT2D eigenvalue weighted by Gasteiger charge is 2.13. The Morgan fingerprint density at radius 2 is 1.97 bits per heavy atom. The monoisotopic (exact) mass is 510 g/mol. The number of hydrogen-bond acceptors (Lipinski definition) is 3. The number of guanidine groups is 1. The zero-order valence-electron chi connectivity index (χ0n) is 17.7. The number of aliphatic imine (C=N–C) groups is 1. The lowest BCUT2D eigenvalue weighted by atomic mass is 10.0. The van der Waals surface area contributed by atoms with Crippen LogP contribution in [0.15, 0.2) is 47.5 Å². The number of halogens is 1. The van der Waals surface area contributed by atoms with Gasteiger partial charge in [0.2, 0.25) is 0 Å². The highest BCUT2D eigenvalue weighted by molar-refractivity contribution is 14.0. The van der Waals surface area contributed by atoms with Gasteiger partial charge in [-0.05, 0) is 44.0 Å². The summed E-state index contributed by atoms with van der Waals surface area (Å²) in [4.78, 5) is 16.1. The maximum absolute atomic E-state index is 11.8. The van der Waals surface area contributed by atoms with Gasteiger partial charge in [-0.2, -0.15) is 0 Å². The molecule has 0 saturated heterocycles. The summed E-state index contributed by atoms with van der Waals surface area (Å²) >= 11 is 0. The van der Waals surface area contributed by atoms with Crippen molar-refractivity contribution in [1.29, 1.82) is 0 Å². The Bertz CT molecular complexity index is 839. The molecule has 0 radical (unpaired) electrons. The molecule has 1 amide bonds. The fourth-order valence-corrected chi connectivity index (χ4v) is 3.01. The molecule has 2 rings (SSSR count). The Kier molecular flexibility index (Phi) is 10.5. The van der Waals surface area contributed by atoms with E-state index in [0.717, 1.165) is 29.3 Å². The lowest BCUT2D eigenvalue weighted by Crippen LogP contribution is -2.39. The van der Waals surface area contributed by atoms with Crippen LogP contribution in [0, 0.1) is 6.92 Å². The summed E-state index contributed by atoms with van der Waals surface area (Å²) in [5.74, 6) is 1.50. The molecular weight excluding hydrogens is 479 g/mol. The molecule has 1 atom stereocenters. The first-order valence-corrected chi connectivity index (χ1v) is 9.41. The molecule has 0 bridgehead atoms. The van der Waals surface area contributed by atoms with E-state index in [0.29, 0.717) is 12.1 Å². The van der Waals surface area contributed by atoms with E-state index >= 15 is 0 Å². The van der Waals surface area contributed by atoms with E-state index in [1.54, 1.807) is 21.2 Å². The fraction of sp³-hybridized carbons (Fsp3) is 0.364. The zero-order chi connectivity index (χ0) is 20.5. The molecule has 29 heavy (non-hydrogen) atoms. The van der Waals surface area contributed by atoms with Gasteiger partial charge in [-0.15, -0.1) is 24.0 Å². The molecule has 0 aliphatic carbocycles. The summed E-state index contributed by atoms with van der Waals surface area (Å²) in [6.07, 6.45) is 0.785. The molecule has 0 aliphatic heterocycles. The number of rotatable bonds is 7. The number of aryl methyl sites for hydroxylation is 1. The molecule has 6 nitrogen and oxygen atoms in total. The average Bonchev–Trinajstić information content (AvgIpc) is 2.72. The molecule has 0 aromatic heterocycles. The van der Waals surface area contributed by atoms with E-state index in [1.807, 2.05) is 36.4 Å². The SMILES string of the molecule is CN=C(NCCc1cccc(C(=O)NC)c1)NC(C)c1cc(C)ccc1OC.I. The number of methoxy groups -OCH3 is 1. The van der Waals surface area contributed by atoms with E-state index in [1.165, 1.54) is 5.56 Å². The van der Waals surface area contributed by atoms with E-state index in [4.69, 9.17) is 4.74 Å². The first-order valence-electron chi connectivity index (χ1n) is 9.41. The molecule has 0 spiro atoms. The van der Waals surface area contributed by atoms with Crippen molar-refractivity contribution in [3.63, 3.8) is 0 Å². The highest BCUT2D eigenvalue weighted by atomic mass is 127. The molecule has 0 heterocycles. The summed E-state index contributed by atoms with van der Waals surface area (Å²) in [5.41, 5.74) is 4.03. The summed E-state index contributed by atoms with van der Waals surface area (Å²) in [6, 6.07) is 13.8. The predicted molar refractivity (Wildman–Crippen MR) is 130 cm³/mol. The second kappa shape index (κ2) is 12.3. The van der Waals surface area contributed by atoms with E-state index in [-0.39, 0.29) is 35.9 Å². The van der Waals surface area contributed by atoms with Crippen molar-refractivity contribution in [3.05, 3.63) is 64.7 Å². The van der Waals surface area contributed by atoms with Crippen LogP contribution >= 0.6 is 24.0 Å². The van der Waals surface area contributed by atoms with Crippen molar-refractivity contribution >= 4 is 35.8 Å². The minimum absolute atomic E-state index is 0. The maximum atomic E-state index is 11.8. The molecule has 0 saturated carbocycles. The molecule has 7 heteroatoms. The molecule has 0 fully saturated rings. The second-order valence-corrected chi connectivity index (χ2v) is 6.64. The van der Waals surface area contributed by atoms with Crippen molar-refractivity contribution in [2.75, 3.05) is 27.7 Å². The van der Waals surface area contributed by atoms with E-state index in [9.17, 15) is 4.79 Å². The first-order chi connectivity index (χ1) is 13.5. The second-order valence-electron chi connectivity index (χ2n) is 6.64. The Hall–Kier alpha value is -2.29. The number of hydrogen-bond donors (Lipinski definition) is 3. The van der Waals surface area contributed by atoms with Crippen LogP contribution in [0.25, 0.3) is 0 Å². The molecule has 158 valence electrons. The maximum Gasteiger partial charge on any atom is 0.251 e. The molecule has 3 N–H and O–H groups in total. The average molecular weight is 510 g/mol. The molecular formula is C22H31IN4O2. The molecule has 2 aromatic rings. The standard InChI is InChI=1S/C22H30N4O2.HI/c1-15-9-10-20(28-5)19(13-15)16(2)26-22(24-4)25-12-11-17-7-6-8-18(14-17)21(27)23-3;/h6-10,13-14,16H,11-12H2,1-5H3,(H,23,27)(H2,24,25,26);1H. The zero-order valence-corrected chi connectivity index (χ0v) is 20.0. The van der Waals surface area contributed by atoms with Crippen molar-refractivity contribution in [2.24, 2.45) is 4.99 Å². The molecule has 2 aromatic carbocycles. The number of amides is 1.